The number of nitro groups is 1. The number of halogens is 1. The molecular weight excluding hydrogens is 502 g/mol. The van der Waals surface area contributed by atoms with Crippen LogP contribution in [-0.2, 0) is 13.2 Å². The first-order chi connectivity index (χ1) is 16.0. The first kappa shape index (κ1) is 23.4. The Labute approximate surface area is 207 Å². The second-order valence-electron chi connectivity index (χ2n) is 7.91. The van der Waals surface area contributed by atoms with Gasteiger partial charge in [-0.15, -0.1) is 0 Å². The molecule has 1 saturated heterocycles. The number of hydrogen-bond acceptors (Lipinski definition) is 5. The minimum atomic E-state index is -0.407. The van der Waals surface area contributed by atoms with E-state index in [4.69, 9.17) is 17.0 Å². The van der Waals surface area contributed by atoms with Gasteiger partial charge >= 0.3 is 0 Å². The van der Waals surface area contributed by atoms with Crippen molar-refractivity contribution in [3.63, 3.8) is 0 Å². The normalized spacial score (nSPS) is 14.2. The fraction of sp³-hybridized carbons (Fsp3) is 0.240. The van der Waals surface area contributed by atoms with Gasteiger partial charge in [0, 0.05) is 49.3 Å². The van der Waals surface area contributed by atoms with Gasteiger partial charge in [-0.2, -0.15) is 0 Å². The zero-order valence-electron chi connectivity index (χ0n) is 18.0. The van der Waals surface area contributed by atoms with Gasteiger partial charge in [0.15, 0.2) is 0 Å². The molecule has 3 aromatic carbocycles. The SMILES string of the molecule is O=[N+]([O-])c1ccc(COc2ccc(Br)cc2C(=S)N2CCN(Cc3ccccc3)CC2)cc1. The van der Waals surface area contributed by atoms with Crippen molar-refractivity contribution < 1.29 is 9.66 Å². The molecule has 0 radical (unpaired) electrons. The van der Waals surface area contributed by atoms with Crippen molar-refractivity contribution in [2.24, 2.45) is 0 Å². The van der Waals surface area contributed by atoms with Crippen molar-refractivity contribution in [1.29, 1.82) is 0 Å². The van der Waals surface area contributed by atoms with Gasteiger partial charge in [-0.1, -0.05) is 58.5 Å². The quantitative estimate of drug-likeness (QED) is 0.233. The summed E-state index contributed by atoms with van der Waals surface area (Å²) in [5.41, 5.74) is 3.12. The Morgan fingerprint density at radius 1 is 0.970 bits per heavy atom. The van der Waals surface area contributed by atoms with E-state index in [-0.39, 0.29) is 5.69 Å². The summed E-state index contributed by atoms with van der Waals surface area (Å²) < 4.78 is 7.01. The molecule has 0 saturated carbocycles. The summed E-state index contributed by atoms with van der Waals surface area (Å²) in [6.45, 7) is 4.87. The van der Waals surface area contributed by atoms with Gasteiger partial charge < -0.3 is 9.64 Å². The van der Waals surface area contributed by atoms with Gasteiger partial charge in [-0.25, -0.2) is 0 Å². The second-order valence-corrected chi connectivity index (χ2v) is 9.21. The molecule has 33 heavy (non-hydrogen) atoms. The lowest BCUT2D eigenvalue weighted by atomic mass is 10.1. The number of benzene rings is 3. The van der Waals surface area contributed by atoms with Crippen LogP contribution >= 0.6 is 28.1 Å². The first-order valence-corrected chi connectivity index (χ1v) is 11.9. The van der Waals surface area contributed by atoms with Gasteiger partial charge in [0.25, 0.3) is 5.69 Å². The van der Waals surface area contributed by atoms with E-state index in [1.807, 2.05) is 24.3 Å². The van der Waals surface area contributed by atoms with Crippen LogP contribution in [0.4, 0.5) is 5.69 Å². The minimum absolute atomic E-state index is 0.0654. The van der Waals surface area contributed by atoms with E-state index in [1.54, 1.807) is 12.1 Å². The zero-order chi connectivity index (χ0) is 23.2. The molecule has 0 aliphatic carbocycles. The predicted octanol–water partition coefficient (Wildman–Crippen LogP) is 5.43. The summed E-state index contributed by atoms with van der Waals surface area (Å²) in [6, 6.07) is 22.7. The van der Waals surface area contributed by atoms with Crippen molar-refractivity contribution in [2.45, 2.75) is 13.2 Å². The molecule has 170 valence electrons. The van der Waals surface area contributed by atoms with E-state index in [1.165, 1.54) is 17.7 Å². The van der Waals surface area contributed by atoms with E-state index in [0.29, 0.717) is 12.4 Å². The van der Waals surface area contributed by atoms with Crippen LogP contribution in [0.5, 0.6) is 5.75 Å². The molecule has 0 aromatic heterocycles. The standard InChI is InChI=1S/C25H24BrN3O3S/c26-21-8-11-24(32-18-20-6-9-22(10-7-20)29(30)31)23(16-21)25(33)28-14-12-27(13-15-28)17-19-4-2-1-3-5-19/h1-11,16H,12-15,17-18H2. The molecular formula is C25H24BrN3O3S. The third-order valence-corrected chi connectivity index (χ3v) is 6.59. The van der Waals surface area contributed by atoms with E-state index in [0.717, 1.165) is 53.3 Å². The summed E-state index contributed by atoms with van der Waals surface area (Å²) >= 11 is 9.41. The number of nitro benzene ring substituents is 1. The average Bonchev–Trinajstić information content (AvgIpc) is 2.84. The highest BCUT2D eigenvalue weighted by Crippen LogP contribution is 2.27. The monoisotopic (exact) mass is 525 g/mol. The number of piperazine rings is 1. The van der Waals surface area contributed by atoms with E-state index in [9.17, 15) is 10.1 Å². The molecule has 0 bridgehead atoms. The number of ether oxygens (including phenoxy) is 1. The van der Waals surface area contributed by atoms with Crippen LogP contribution in [0.15, 0.2) is 77.3 Å². The Morgan fingerprint density at radius 2 is 1.67 bits per heavy atom. The highest BCUT2D eigenvalue weighted by Gasteiger charge is 2.22. The molecule has 6 nitrogen and oxygen atoms in total. The Morgan fingerprint density at radius 3 is 2.33 bits per heavy atom. The molecule has 3 aromatic rings. The van der Waals surface area contributed by atoms with Crippen LogP contribution in [0, 0.1) is 10.1 Å². The molecule has 0 N–H and O–H groups in total. The first-order valence-electron chi connectivity index (χ1n) is 10.7. The molecule has 1 fully saturated rings. The second kappa shape index (κ2) is 10.9. The van der Waals surface area contributed by atoms with Gasteiger partial charge in [-0.3, -0.25) is 15.0 Å². The van der Waals surface area contributed by atoms with E-state index >= 15 is 0 Å². The topological polar surface area (TPSA) is 58.9 Å². The fourth-order valence-corrected chi connectivity index (χ4v) is 4.49. The third kappa shape index (κ3) is 6.16. The van der Waals surface area contributed by atoms with Crippen molar-refractivity contribution in [3.05, 3.63) is 104 Å². The molecule has 4 rings (SSSR count). The fourth-order valence-electron chi connectivity index (χ4n) is 3.79. The largest absolute Gasteiger partial charge is 0.488 e. The van der Waals surface area contributed by atoms with E-state index in [2.05, 4.69) is 50.0 Å². The molecule has 8 heteroatoms. The van der Waals surface area contributed by atoms with Crippen LogP contribution in [0.3, 0.4) is 0 Å². The summed E-state index contributed by atoms with van der Waals surface area (Å²) in [4.78, 5) is 15.9. The number of nitrogens with zero attached hydrogens (tertiary/aromatic N) is 3. The Hall–Kier alpha value is -2.81. The Balaban J connectivity index is 1.39. The number of non-ortho nitro benzene ring substituents is 1. The van der Waals surface area contributed by atoms with Crippen molar-refractivity contribution in [1.82, 2.24) is 9.80 Å². The summed E-state index contributed by atoms with van der Waals surface area (Å²) in [6.07, 6.45) is 0. The smallest absolute Gasteiger partial charge is 0.269 e. The molecule has 0 amide bonds. The summed E-state index contributed by atoms with van der Waals surface area (Å²) in [7, 11) is 0. The van der Waals surface area contributed by atoms with Crippen molar-refractivity contribution in [3.8, 4) is 5.75 Å². The maximum atomic E-state index is 10.9. The lowest BCUT2D eigenvalue weighted by Gasteiger charge is -2.36. The van der Waals surface area contributed by atoms with Crippen LogP contribution < -0.4 is 4.74 Å². The summed E-state index contributed by atoms with van der Waals surface area (Å²) in [5.74, 6) is 0.702. The van der Waals surface area contributed by atoms with Gasteiger partial charge in [0.1, 0.15) is 17.3 Å². The minimum Gasteiger partial charge on any atom is -0.488 e. The van der Waals surface area contributed by atoms with Crippen LogP contribution in [0.2, 0.25) is 0 Å². The van der Waals surface area contributed by atoms with Gasteiger partial charge in [-0.05, 0) is 41.5 Å². The average molecular weight is 526 g/mol. The summed E-state index contributed by atoms with van der Waals surface area (Å²) in [5, 5.41) is 10.9. The third-order valence-electron chi connectivity index (χ3n) is 5.62. The lowest BCUT2D eigenvalue weighted by Crippen LogP contribution is -2.48. The van der Waals surface area contributed by atoms with Crippen LogP contribution in [0.1, 0.15) is 16.7 Å². The van der Waals surface area contributed by atoms with E-state index < -0.39 is 4.92 Å². The maximum Gasteiger partial charge on any atom is 0.269 e. The highest BCUT2D eigenvalue weighted by molar-refractivity contribution is 9.10. The molecule has 0 unspecified atom stereocenters. The Bertz CT molecular complexity index is 1120. The number of rotatable bonds is 7. The predicted molar refractivity (Wildman–Crippen MR) is 137 cm³/mol. The molecule has 0 atom stereocenters. The molecule has 1 heterocycles. The Kier molecular flexibility index (Phi) is 7.69. The zero-order valence-corrected chi connectivity index (χ0v) is 20.4. The maximum absolute atomic E-state index is 10.9. The molecule has 0 spiro atoms. The van der Waals surface area contributed by atoms with Gasteiger partial charge in [0.05, 0.1) is 10.5 Å². The number of hydrogen-bond donors (Lipinski definition) is 0. The van der Waals surface area contributed by atoms with Crippen LogP contribution in [-0.4, -0.2) is 45.9 Å². The van der Waals surface area contributed by atoms with Gasteiger partial charge in [0.2, 0.25) is 0 Å². The molecule has 1 aliphatic rings. The lowest BCUT2D eigenvalue weighted by molar-refractivity contribution is -0.384. The van der Waals surface area contributed by atoms with Crippen LogP contribution in [0.25, 0.3) is 0 Å². The van der Waals surface area contributed by atoms with Crippen molar-refractivity contribution in [2.75, 3.05) is 26.2 Å². The number of thiocarbonyl (C=S) groups is 1. The van der Waals surface area contributed by atoms with Crippen molar-refractivity contribution >= 4 is 38.8 Å². The molecule has 1 aliphatic heterocycles. The highest BCUT2D eigenvalue weighted by atomic mass is 79.9.